The predicted octanol–water partition coefficient (Wildman–Crippen LogP) is 5.30. The molecule has 0 bridgehead atoms. The number of nitrogens with zero attached hydrogens (tertiary/aromatic N) is 2. The van der Waals surface area contributed by atoms with E-state index in [0.717, 1.165) is 31.5 Å². The molecule has 2 aromatic carbocycles. The lowest BCUT2D eigenvalue weighted by Crippen LogP contribution is -2.38. The monoisotopic (exact) mass is 417 g/mol. The SMILES string of the molecule is O=C(CCc1ncc(-c2ccc(F)cc2)o1)N1CCC(c2cc3ccccc3[nH]2)CC1. The topological polar surface area (TPSA) is 62.1 Å². The van der Waals surface area contributed by atoms with E-state index in [-0.39, 0.29) is 11.7 Å². The number of halogens is 1. The number of likely N-dealkylation sites (tertiary alicyclic amines) is 1. The highest BCUT2D eigenvalue weighted by Gasteiger charge is 2.25. The van der Waals surface area contributed by atoms with E-state index in [9.17, 15) is 9.18 Å². The maximum absolute atomic E-state index is 13.1. The zero-order chi connectivity index (χ0) is 21.2. The molecule has 1 saturated heterocycles. The Labute approximate surface area is 179 Å². The second-order valence-electron chi connectivity index (χ2n) is 8.09. The fraction of sp³-hybridized carbons (Fsp3) is 0.280. The number of piperidine rings is 1. The number of aromatic amines is 1. The smallest absolute Gasteiger partial charge is 0.223 e. The Balaban J connectivity index is 1.14. The summed E-state index contributed by atoms with van der Waals surface area (Å²) in [6, 6.07) is 16.6. The van der Waals surface area contributed by atoms with Crippen LogP contribution in [-0.2, 0) is 11.2 Å². The van der Waals surface area contributed by atoms with E-state index in [1.54, 1.807) is 18.3 Å². The first-order chi connectivity index (χ1) is 15.2. The number of benzene rings is 2. The van der Waals surface area contributed by atoms with Gasteiger partial charge in [-0.3, -0.25) is 4.79 Å². The number of fused-ring (bicyclic) bond motifs is 1. The number of aryl methyl sites for hydroxylation is 1. The van der Waals surface area contributed by atoms with Gasteiger partial charge in [0.05, 0.1) is 6.20 Å². The van der Waals surface area contributed by atoms with Crippen molar-refractivity contribution in [1.82, 2.24) is 14.9 Å². The summed E-state index contributed by atoms with van der Waals surface area (Å²) >= 11 is 0. The third-order valence-electron chi connectivity index (χ3n) is 6.07. The minimum Gasteiger partial charge on any atom is -0.441 e. The van der Waals surface area contributed by atoms with Crippen LogP contribution < -0.4 is 0 Å². The van der Waals surface area contributed by atoms with Crippen molar-refractivity contribution in [3.05, 3.63) is 78.2 Å². The molecule has 1 fully saturated rings. The highest BCUT2D eigenvalue weighted by Crippen LogP contribution is 2.30. The molecule has 0 spiro atoms. The standard InChI is InChI=1S/C25H24FN3O2/c26-20-7-5-18(6-8-20)23-16-27-24(31-23)9-10-25(30)29-13-11-17(12-14-29)22-15-19-3-1-2-4-21(19)28-22/h1-8,15-17,28H,9-14H2. The minimum atomic E-state index is -0.289. The summed E-state index contributed by atoms with van der Waals surface area (Å²) < 4.78 is 18.8. The summed E-state index contributed by atoms with van der Waals surface area (Å²) in [5.41, 5.74) is 3.20. The number of rotatable bonds is 5. The Hall–Kier alpha value is -3.41. The van der Waals surface area contributed by atoms with Gasteiger partial charge in [-0.15, -0.1) is 0 Å². The number of oxazole rings is 1. The van der Waals surface area contributed by atoms with Gasteiger partial charge in [0.25, 0.3) is 0 Å². The molecule has 1 aliphatic heterocycles. The van der Waals surface area contributed by atoms with E-state index >= 15 is 0 Å². The van der Waals surface area contributed by atoms with Crippen molar-refractivity contribution in [3.63, 3.8) is 0 Å². The molecule has 0 radical (unpaired) electrons. The number of hydrogen-bond donors (Lipinski definition) is 1. The summed E-state index contributed by atoms with van der Waals surface area (Å²) in [5, 5.41) is 1.24. The zero-order valence-corrected chi connectivity index (χ0v) is 17.2. The highest BCUT2D eigenvalue weighted by atomic mass is 19.1. The molecule has 31 heavy (non-hydrogen) atoms. The normalized spacial score (nSPS) is 14.9. The molecule has 2 aromatic heterocycles. The molecule has 0 unspecified atom stereocenters. The predicted molar refractivity (Wildman–Crippen MR) is 117 cm³/mol. The molecule has 1 N–H and O–H groups in total. The van der Waals surface area contributed by atoms with Crippen molar-refractivity contribution in [2.45, 2.75) is 31.6 Å². The Kier molecular flexibility index (Phi) is 5.28. The lowest BCUT2D eigenvalue weighted by molar-refractivity contribution is -0.132. The number of para-hydroxylation sites is 1. The summed E-state index contributed by atoms with van der Waals surface area (Å²) in [4.78, 5) is 22.4. The number of nitrogens with one attached hydrogen (secondary N) is 1. The Morgan fingerprint density at radius 1 is 1.13 bits per heavy atom. The molecule has 5 rings (SSSR count). The molecule has 1 amide bonds. The molecule has 0 atom stereocenters. The van der Waals surface area contributed by atoms with Gasteiger partial charge in [0.2, 0.25) is 5.91 Å². The van der Waals surface area contributed by atoms with Gasteiger partial charge in [-0.25, -0.2) is 9.37 Å². The van der Waals surface area contributed by atoms with Crippen molar-refractivity contribution >= 4 is 16.8 Å². The van der Waals surface area contributed by atoms with Gasteiger partial charge in [-0.1, -0.05) is 18.2 Å². The van der Waals surface area contributed by atoms with Crippen LogP contribution in [-0.4, -0.2) is 33.9 Å². The van der Waals surface area contributed by atoms with Crippen LogP contribution in [0.5, 0.6) is 0 Å². The highest BCUT2D eigenvalue weighted by molar-refractivity contribution is 5.80. The molecule has 5 nitrogen and oxygen atoms in total. The number of aromatic nitrogens is 2. The fourth-order valence-corrected chi connectivity index (χ4v) is 4.30. The average molecular weight is 417 g/mol. The Morgan fingerprint density at radius 3 is 2.68 bits per heavy atom. The first-order valence-corrected chi connectivity index (χ1v) is 10.7. The third-order valence-corrected chi connectivity index (χ3v) is 6.07. The van der Waals surface area contributed by atoms with E-state index in [4.69, 9.17) is 4.42 Å². The molecule has 3 heterocycles. The van der Waals surface area contributed by atoms with Gasteiger partial charge in [-0.2, -0.15) is 0 Å². The van der Waals surface area contributed by atoms with Gasteiger partial charge in [0.15, 0.2) is 11.7 Å². The molecular formula is C25H24FN3O2. The van der Waals surface area contributed by atoms with Gasteiger partial charge < -0.3 is 14.3 Å². The van der Waals surface area contributed by atoms with Crippen LogP contribution >= 0.6 is 0 Å². The third kappa shape index (κ3) is 4.24. The fourth-order valence-electron chi connectivity index (χ4n) is 4.30. The summed E-state index contributed by atoms with van der Waals surface area (Å²) in [6.45, 7) is 1.54. The number of carbonyl (C=O) groups is 1. The lowest BCUT2D eigenvalue weighted by Gasteiger charge is -2.31. The first-order valence-electron chi connectivity index (χ1n) is 10.7. The van der Waals surface area contributed by atoms with E-state index in [1.165, 1.54) is 28.7 Å². The van der Waals surface area contributed by atoms with Gasteiger partial charge in [0.1, 0.15) is 5.82 Å². The Bertz CT molecular complexity index is 1150. The van der Waals surface area contributed by atoms with Crippen LogP contribution in [0.3, 0.4) is 0 Å². The average Bonchev–Trinajstić information content (AvgIpc) is 3.45. The van der Waals surface area contributed by atoms with Gasteiger partial charge >= 0.3 is 0 Å². The largest absolute Gasteiger partial charge is 0.441 e. The van der Waals surface area contributed by atoms with Gasteiger partial charge in [-0.05, 0) is 54.6 Å². The lowest BCUT2D eigenvalue weighted by atomic mass is 9.93. The van der Waals surface area contributed by atoms with Crippen LogP contribution in [0.2, 0.25) is 0 Å². The molecule has 1 aliphatic rings. The maximum Gasteiger partial charge on any atom is 0.223 e. The molecule has 0 aliphatic carbocycles. The van der Waals surface area contributed by atoms with Crippen molar-refractivity contribution in [2.24, 2.45) is 0 Å². The maximum atomic E-state index is 13.1. The zero-order valence-electron chi connectivity index (χ0n) is 17.2. The second kappa shape index (κ2) is 8.38. The van der Waals surface area contributed by atoms with Crippen molar-refractivity contribution < 1.29 is 13.6 Å². The van der Waals surface area contributed by atoms with E-state index in [2.05, 4.69) is 34.2 Å². The van der Waals surface area contributed by atoms with E-state index < -0.39 is 0 Å². The number of amides is 1. The molecule has 0 saturated carbocycles. The van der Waals surface area contributed by atoms with Crippen molar-refractivity contribution in [2.75, 3.05) is 13.1 Å². The van der Waals surface area contributed by atoms with Crippen molar-refractivity contribution in [3.8, 4) is 11.3 Å². The van der Waals surface area contributed by atoms with Crippen LogP contribution in [0, 0.1) is 5.82 Å². The molecule has 6 heteroatoms. The molecule has 158 valence electrons. The van der Waals surface area contributed by atoms with Crippen LogP contribution in [0.25, 0.3) is 22.2 Å². The number of hydrogen-bond acceptors (Lipinski definition) is 3. The van der Waals surface area contributed by atoms with E-state index in [1.807, 2.05) is 11.0 Å². The minimum absolute atomic E-state index is 0.136. The van der Waals surface area contributed by atoms with Crippen LogP contribution in [0.1, 0.15) is 36.8 Å². The summed E-state index contributed by atoms with van der Waals surface area (Å²) in [6.07, 6.45) is 4.39. The van der Waals surface area contributed by atoms with Crippen LogP contribution in [0.15, 0.2) is 65.2 Å². The van der Waals surface area contributed by atoms with Gasteiger partial charge in [0, 0.05) is 48.6 Å². The Morgan fingerprint density at radius 2 is 1.90 bits per heavy atom. The molecular weight excluding hydrogens is 393 g/mol. The summed E-state index contributed by atoms with van der Waals surface area (Å²) in [7, 11) is 0. The first kappa shape index (κ1) is 19.5. The van der Waals surface area contributed by atoms with Crippen molar-refractivity contribution in [1.29, 1.82) is 0 Å². The number of carbonyl (C=O) groups excluding carboxylic acids is 1. The van der Waals surface area contributed by atoms with Crippen LogP contribution in [0.4, 0.5) is 4.39 Å². The quantitative estimate of drug-likeness (QED) is 0.479. The van der Waals surface area contributed by atoms with E-state index in [0.29, 0.717) is 30.4 Å². The second-order valence-corrected chi connectivity index (χ2v) is 8.09. The molecule has 4 aromatic rings. The summed E-state index contributed by atoms with van der Waals surface area (Å²) in [5.74, 6) is 1.42. The number of H-pyrrole nitrogens is 1.